The summed E-state index contributed by atoms with van der Waals surface area (Å²) in [7, 11) is 5.87. The van der Waals surface area contributed by atoms with E-state index >= 15 is 0 Å². The van der Waals surface area contributed by atoms with Crippen LogP contribution >= 0.6 is 0 Å². The lowest BCUT2D eigenvalue weighted by Crippen LogP contribution is -2.45. The third kappa shape index (κ3) is 8.44. The van der Waals surface area contributed by atoms with Gasteiger partial charge < -0.3 is 34.3 Å². The van der Waals surface area contributed by atoms with Crippen LogP contribution in [0, 0.1) is 0 Å². The number of esters is 1. The molecule has 1 aliphatic rings. The molecule has 0 saturated carbocycles. The van der Waals surface area contributed by atoms with Gasteiger partial charge in [0, 0.05) is 24.1 Å². The van der Waals surface area contributed by atoms with Gasteiger partial charge in [-0.15, -0.1) is 0 Å². The zero-order valence-corrected chi connectivity index (χ0v) is 28.8. The molecule has 2 N–H and O–H groups in total. The lowest BCUT2D eigenvalue weighted by molar-refractivity contribution is -0.145. The van der Waals surface area contributed by atoms with Crippen molar-refractivity contribution in [2.45, 2.75) is 43.9 Å². The summed E-state index contributed by atoms with van der Waals surface area (Å²) in [5.41, 5.74) is 3.77. The van der Waals surface area contributed by atoms with Crippen molar-refractivity contribution in [1.82, 2.24) is 10.6 Å². The molecule has 4 aromatic carbocycles. The van der Waals surface area contributed by atoms with E-state index in [9.17, 15) is 14.4 Å². The van der Waals surface area contributed by atoms with E-state index in [1.54, 1.807) is 43.5 Å². The number of nitrogens with one attached hydrogen (secondary N) is 2. The van der Waals surface area contributed by atoms with E-state index in [1.807, 2.05) is 67.6 Å². The van der Waals surface area contributed by atoms with Gasteiger partial charge in [0.1, 0.15) is 18.1 Å². The molecule has 1 heterocycles. The molecular formula is C40H42N2O8. The fraction of sp³-hybridized carbons (Fsp3) is 0.275. The molecule has 4 unspecified atom stereocenters. The Kier molecular flexibility index (Phi) is 11.8. The molecule has 10 heteroatoms. The molecule has 4 aromatic rings. The maximum Gasteiger partial charge on any atom is 0.328 e. The molecule has 2 amide bonds. The highest BCUT2D eigenvalue weighted by Crippen LogP contribution is 2.52. The predicted octanol–water partition coefficient (Wildman–Crippen LogP) is 5.59. The third-order valence-electron chi connectivity index (χ3n) is 8.51. The molecule has 5 rings (SSSR count). The number of carbonyl (C=O) groups is 3. The van der Waals surface area contributed by atoms with Gasteiger partial charge >= 0.3 is 5.97 Å². The van der Waals surface area contributed by atoms with Crippen LogP contribution in [0.5, 0.6) is 23.0 Å². The molecule has 0 saturated heterocycles. The zero-order valence-electron chi connectivity index (χ0n) is 28.8. The number of fused-ring (bicyclic) bond motifs is 1. The van der Waals surface area contributed by atoms with Gasteiger partial charge in [0.15, 0.2) is 23.0 Å². The number of ether oxygens (including phenoxy) is 5. The first-order valence-corrected chi connectivity index (χ1v) is 16.3. The number of hydrogen-bond donors (Lipinski definition) is 2. The van der Waals surface area contributed by atoms with Crippen molar-refractivity contribution in [3.8, 4) is 23.0 Å². The average molecular weight is 679 g/mol. The maximum absolute atomic E-state index is 14.4. The summed E-state index contributed by atoms with van der Waals surface area (Å²) in [4.78, 5) is 40.2. The van der Waals surface area contributed by atoms with Gasteiger partial charge in [-0.25, -0.2) is 4.79 Å². The number of rotatable bonds is 14. The lowest BCUT2D eigenvalue weighted by Gasteiger charge is -2.23. The van der Waals surface area contributed by atoms with Gasteiger partial charge in [-0.1, -0.05) is 66.7 Å². The summed E-state index contributed by atoms with van der Waals surface area (Å²) in [6.45, 7) is 1.95. The number of methoxy groups -OCH3 is 4. The second-order valence-corrected chi connectivity index (χ2v) is 12.0. The van der Waals surface area contributed by atoms with E-state index in [-0.39, 0.29) is 18.4 Å². The van der Waals surface area contributed by atoms with Crippen molar-refractivity contribution < 1.29 is 38.1 Å². The van der Waals surface area contributed by atoms with Crippen molar-refractivity contribution in [3.63, 3.8) is 0 Å². The van der Waals surface area contributed by atoms with Crippen LogP contribution in [0.1, 0.15) is 46.8 Å². The van der Waals surface area contributed by atoms with E-state index in [0.717, 1.165) is 11.1 Å². The Morgan fingerprint density at radius 3 is 2.02 bits per heavy atom. The molecule has 0 bridgehead atoms. The molecule has 260 valence electrons. The number of amides is 2. The minimum absolute atomic E-state index is 0.0912. The van der Waals surface area contributed by atoms with Crippen molar-refractivity contribution in [3.05, 3.63) is 125 Å². The van der Waals surface area contributed by atoms with Gasteiger partial charge in [-0.2, -0.15) is 0 Å². The zero-order chi connectivity index (χ0) is 35.6. The largest absolute Gasteiger partial charge is 0.493 e. The molecular weight excluding hydrogens is 636 g/mol. The highest BCUT2D eigenvalue weighted by Gasteiger charge is 2.44. The Bertz CT molecular complexity index is 1830. The van der Waals surface area contributed by atoms with Crippen LogP contribution in [0.2, 0.25) is 0 Å². The van der Waals surface area contributed by atoms with Crippen LogP contribution in [-0.2, 0) is 32.0 Å². The third-order valence-corrected chi connectivity index (χ3v) is 8.51. The first-order chi connectivity index (χ1) is 24.2. The van der Waals surface area contributed by atoms with Crippen LogP contribution in [0.25, 0.3) is 6.08 Å². The standard InChI is InChI=1S/C40H42N2O8/c1-25(20-26-12-8-6-9-13-26)41-35(43)19-16-28-21-30-36(39(44)42-31(40(45)49-5)22-27-14-10-7-11-15-27)37(50-38(30)34(23-28)48-4)29-17-18-32(46-2)33(24-29)47-3/h6-19,21,23-25,31,36-37H,20,22H2,1-5H3,(H,41,43)(H,42,44). The molecule has 1 aliphatic heterocycles. The highest BCUT2D eigenvalue weighted by molar-refractivity contribution is 5.93. The lowest BCUT2D eigenvalue weighted by atomic mass is 9.88. The minimum Gasteiger partial charge on any atom is -0.493 e. The SMILES string of the molecule is COC(=O)C(Cc1ccccc1)NC(=O)C1c2cc(C=CC(=O)NC(C)Cc3ccccc3)cc(OC)c2OC1c1ccc(OC)c(OC)c1. The molecule has 4 atom stereocenters. The maximum atomic E-state index is 14.4. The van der Waals surface area contributed by atoms with Crippen LogP contribution in [0.4, 0.5) is 0 Å². The Morgan fingerprint density at radius 1 is 0.760 bits per heavy atom. The van der Waals surface area contributed by atoms with Gasteiger partial charge in [0.2, 0.25) is 11.8 Å². The summed E-state index contributed by atoms with van der Waals surface area (Å²) >= 11 is 0. The molecule has 0 radical (unpaired) electrons. The van der Waals surface area contributed by atoms with Crippen LogP contribution in [0.3, 0.4) is 0 Å². The highest BCUT2D eigenvalue weighted by atomic mass is 16.5. The second kappa shape index (κ2) is 16.6. The summed E-state index contributed by atoms with van der Waals surface area (Å²) < 4.78 is 28.3. The first kappa shape index (κ1) is 35.5. The summed E-state index contributed by atoms with van der Waals surface area (Å²) in [6, 6.07) is 27.1. The Balaban J connectivity index is 1.47. The Labute approximate surface area is 292 Å². The van der Waals surface area contributed by atoms with E-state index in [2.05, 4.69) is 10.6 Å². The topological polar surface area (TPSA) is 121 Å². The molecule has 10 nitrogen and oxygen atoms in total. The monoisotopic (exact) mass is 678 g/mol. The minimum atomic E-state index is -0.962. The first-order valence-electron chi connectivity index (χ1n) is 16.3. The summed E-state index contributed by atoms with van der Waals surface area (Å²) in [5.74, 6) is -0.475. The van der Waals surface area contributed by atoms with Gasteiger partial charge in [0.05, 0.1) is 28.4 Å². The Hall–Kier alpha value is -5.77. The second-order valence-electron chi connectivity index (χ2n) is 12.0. The van der Waals surface area contributed by atoms with Gasteiger partial charge in [-0.3, -0.25) is 9.59 Å². The van der Waals surface area contributed by atoms with Crippen LogP contribution in [0.15, 0.2) is 97.1 Å². The molecule has 0 aromatic heterocycles. The molecule has 0 fully saturated rings. The van der Waals surface area contributed by atoms with E-state index < -0.39 is 29.9 Å². The van der Waals surface area contributed by atoms with E-state index in [0.29, 0.717) is 46.1 Å². The van der Waals surface area contributed by atoms with Crippen LogP contribution < -0.4 is 29.6 Å². The van der Waals surface area contributed by atoms with Gasteiger partial charge in [-0.05, 0) is 65.9 Å². The number of hydrogen-bond acceptors (Lipinski definition) is 8. The van der Waals surface area contributed by atoms with Crippen molar-refractivity contribution in [1.29, 1.82) is 0 Å². The van der Waals surface area contributed by atoms with Crippen molar-refractivity contribution in [2.75, 3.05) is 28.4 Å². The molecule has 0 aliphatic carbocycles. The fourth-order valence-electron chi connectivity index (χ4n) is 6.11. The molecule has 0 spiro atoms. The molecule has 50 heavy (non-hydrogen) atoms. The summed E-state index contributed by atoms with van der Waals surface area (Å²) in [5, 5.41) is 5.93. The Morgan fingerprint density at radius 2 is 1.40 bits per heavy atom. The quantitative estimate of drug-likeness (QED) is 0.131. The summed E-state index contributed by atoms with van der Waals surface area (Å²) in [6.07, 6.45) is 3.21. The average Bonchev–Trinajstić information content (AvgIpc) is 3.53. The van der Waals surface area contributed by atoms with Crippen molar-refractivity contribution in [2.24, 2.45) is 0 Å². The van der Waals surface area contributed by atoms with E-state index in [4.69, 9.17) is 23.7 Å². The number of benzene rings is 4. The fourth-order valence-corrected chi connectivity index (χ4v) is 6.11. The smallest absolute Gasteiger partial charge is 0.328 e. The van der Waals surface area contributed by atoms with Crippen LogP contribution in [-0.4, -0.2) is 58.3 Å². The predicted molar refractivity (Wildman–Crippen MR) is 190 cm³/mol. The number of carbonyl (C=O) groups excluding carboxylic acids is 3. The van der Waals surface area contributed by atoms with Gasteiger partial charge in [0.25, 0.3) is 0 Å². The van der Waals surface area contributed by atoms with Crippen molar-refractivity contribution >= 4 is 23.9 Å². The van der Waals surface area contributed by atoms with E-state index in [1.165, 1.54) is 27.4 Å². The normalized spacial score (nSPS) is 16.0.